The number of hydrogen-bond acceptors (Lipinski definition) is 5. The van der Waals surface area contributed by atoms with Crippen molar-refractivity contribution in [2.24, 2.45) is 0 Å². The number of benzene rings is 2. The molecule has 0 saturated heterocycles. The summed E-state index contributed by atoms with van der Waals surface area (Å²) in [5, 5.41) is 27.8. The third-order valence-corrected chi connectivity index (χ3v) is 3.88. The first kappa shape index (κ1) is 13.1. The molecule has 1 aromatic heterocycles. The molecule has 1 heterocycles. The summed E-state index contributed by atoms with van der Waals surface area (Å²) in [5.74, 6) is -1.51. The number of hydrogen-bond donors (Lipinski definition) is 2. The number of rotatable bonds is 2. The highest BCUT2D eigenvalue weighted by Gasteiger charge is 2.13. The lowest BCUT2D eigenvalue weighted by Crippen LogP contribution is -1.96. The number of aromatic nitrogens is 1. The summed E-state index contributed by atoms with van der Waals surface area (Å²) < 4.78 is 0.867. The fourth-order valence-corrected chi connectivity index (χ4v) is 2.87. The molecule has 102 valence electrons. The van der Waals surface area contributed by atoms with Gasteiger partial charge in [0.15, 0.2) is 0 Å². The number of nitriles is 1. The molecule has 21 heavy (non-hydrogen) atoms. The molecule has 0 aliphatic rings. The zero-order valence-electron chi connectivity index (χ0n) is 10.6. The van der Waals surface area contributed by atoms with Gasteiger partial charge in [-0.3, -0.25) is 0 Å². The first-order valence-corrected chi connectivity index (χ1v) is 6.82. The second kappa shape index (κ2) is 4.89. The van der Waals surface area contributed by atoms with Crippen molar-refractivity contribution in [3.63, 3.8) is 0 Å². The van der Waals surface area contributed by atoms with E-state index in [0.717, 1.165) is 10.2 Å². The highest BCUT2D eigenvalue weighted by Crippen LogP contribution is 2.33. The number of thiazole rings is 1. The van der Waals surface area contributed by atoms with Crippen LogP contribution in [0.25, 0.3) is 21.3 Å². The van der Waals surface area contributed by atoms with E-state index in [2.05, 4.69) is 11.1 Å². The maximum atomic E-state index is 10.9. The van der Waals surface area contributed by atoms with Crippen LogP contribution < -0.4 is 0 Å². The van der Waals surface area contributed by atoms with Crippen molar-refractivity contribution in [1.82, 2.24) is 4.98 Å². The van der Waals surface area contributed by atoms with E-state index in [1.807, 2.05) is 0 Å². The lowest BCUT2D eigenvalue weighted by atomic mass is 10.00. The summed E-state index contributed by atoms with van der Waals surface area (Å²) in [4.78, 5) is 15.2. The molecule has 3 rings (SSSR count). The predicted octanol–water partition coefficient (Wildman–Crippen LogP) is 3.24. The molecule has 2 N–H and O–H groups in total. The summed E-state index contributed by atoms with van der Waals surface area (Å²) in [6.45, 7) is 0. The van der Waals surface area contributed by atoms with Gasteiger partial charge < -0.3 is 10.2 Å². The van der Waals surface area contributed by atoms with E-state index < -0.39 is 5.97 Å². The van der Waals surface area contributed by atoms with E-state index in [0.29, 0.717) is 16.7 Å². The molecule has 0 amide bonds. The van der Waals surface area contributed by atoms with Gasteiger partial charge in [0, 0.05) is 5.56 Å². The molecule has 0 spiro atoms. The number of carboxylic acid groups (broad SMARTS) is 1. The largest absolute Gasteiger partial charge is 0.507 e. The molecule has 0 unspecified atom stereocenters. The van der Waals surface area contributed by atoms with Crippen molar-refractivity contribution < 1.29 is 15.0 Å². The third-order valence-electron chi connectivity index (χ3n) is 3.10. The Bertz CT molecular complexity index is 909. The maximum absolute atomic E-state index is 10.9. The van der Waals surface area contributed by atoms with Gasteiger partial charge in [-0.15, -0.1) is 11.3 Å². The number of nitrogens with zero attached hydrogens (tertiary/aromatic N) is 2. The molecule has 0 atom stereocenters. The summed E-state index contributed by atoms with van der Waals surface area (Å²) in [7, 11) is 0. The average Bonchev–Trinajstić information content (AvgIpc) is 2.93. The molecule has 0 radical (unpaired) electrons. The lowest BCUT2D eigenvalue weighted by molar-refractivity contribution is 0.0694. The van der Waals surface area contributed by atoms with Gasteiger partial charge in [0.25, 0.3) is 0 Å². The zero-order valence-corrected chi connectivity index (χ0v) is 11.4. The molecular formula is C15H8N2O3S. The summed E-state index contributed by atoms with van der Waals surface area (Å²) in [5.41, 5.74) is 4.04. The molecule has 3 aromatic rings. The molecular weight excluding hydrogens is 288 g/mol. The Labute approximate surface area is 123 Å². The maximum Gasteiger partial charge on any atom is 0.339 e. The molecule has 0 saturated carbocycles. The van der Waals surface area contributed by atoms with Crippen LogP contribution in [0.3, 0.4) is 0 Å². The number of aromatic hydroxyl groups is 1. The van der Waals surface area contributed by atoms with Crippen LogP contribution in [0.2, 0.25) is 0 Å². The second-order valence-corrected chi connectivity index (χ2v) is 5.26. The van der Waals surface area contributed by atoms with Crippen LogP contribution in [0.5, 0.6) is 5.75 Å². The number of fused-ring (bicyclic) bond motifs is 1. The first-order valence-electron chi connectivity index (χ1n) is 5.94. The minimum atomic E-state index is -1.19. The van der Waals surface area contributed by atoms with Crippen molar-refractivity contribution in [1.29, 1.82) is 5.26 Å². The fraction of sp³-hybridized carbons (Fsp3) is 0. The zero-order chi connectivity index (χ0) is 15.0. The number of aromatic carboxylic acids is 1. The Morgan fingerprint density at radius 3 is 2.76 bits per heavy atom. The van der Waals surface area contributed by atoms with Crippen LogP contribution >= 0.6 is 11.3 Å². The van der Waals surface area contributed by atoms with Crippen molar-refractivity contribution in [3.8, 4) is 22.9 Å². The average molecular weight is 296 g/mol. The Morgan fingerprint density at radius 1 is 1.29 bits per heavy atom. The molecule has 0 aliphatic carbocycles. The normalized spacial score (nSPS) is 10.4. The van der Waals surface area contributed by atoms with Gasteiger partial charge in [0.2, 0.25) is 0 Å². The van der Waals surface area contributed by atoms with E-state index in [-0.39, 0.29) is 11.3 Å². The van der Waals surface area contributed by atoms with Crippen molar-refractivity contribution in [2.75, 3.05) is 0 Å². The second-order valence-electron chi connectivity index (χ2n) is 4.37. The molecule has 5 nitrogen and oxygen atoms in total. The highest BCUT2D eigenvalue weighted by molar-refractivity contribution is 7.16. The van der Waals surface area contributed by atoms with Crippen LogP contribution in [0, 0.1) is 11.3 Å². The smallest absolute Gasteiger partial charge is 0.339 e. The Hall–Kier alpha value is -2.91. The fourth-order valence-electron chi connectivity index (χ4n) is 2.13. The number of carboxylic acids is 1. The van der Waals surface area contributed by atoms with E-state index in [9.17, 15) is 9.90 Å². The summed E-state index contributed by atoms with van der Waals surface area (Å²) >= 11 is 1.42. The summed E-state index contributed by atoms with van der Waals surface area (Å²) in [6.07, 6.45) is 0. The van der Waals surface area contributed by atoms with Crippen molar-refractivity contribution in [2.45, 2.75) is 0 Å². The predicted molar refractivity (Wildman–Crippen MR) is 78.4 cm³/mol. The number of carbonyl (C=O) groups is 1. The Morgan fingerprint density at radius 2 is 2.10 bits per heavy atom. The third kappa shape index (κ3) is 2.20. The minimum Gasteiger partial charge on any atom is -0.507 e. The standard InChI is InChI=1S/C15H8N2O3S/c16-6-8-3-11(14-13(4-8)21-7-17-14)9-1-2-10(15(19)20)12(18)5-9/h1-5,7,18H,(H,19,20). The Balaban J connectivity index is 2.25. The lowest BCUT2D eigenvalue weighted by Gasteiger charge is -2.06. The molecule has 0 aliphatic heterocycles. The first-order chi connectivity index (χ1) is 10.1. The highest BCUT2D eigenvalue weighted by atomic mass is 32.1. The molecule has 0 bridgehead atoms. The molecule has 6 heteroatoms. The quantitative estimate of drug-likeness (QED) is 0.757. The van der Waals surface area contributed by atoms with Crippen LogP contribution in [0.4, 0.5) is 0 Å². The minimum absolute atomic E-state index is 0.162. The van der Waals surface area contributed by atoms with Crippen LogP contribution in [0.1, 0.15) is 15.9 Å². The van der Waals surface area contributed by atoms with Gasteiger partial charge in [-0.05, 0) is 29.8 Å². The van der Waals surface area contributed by atoms with E-state index in [4.69, 9.17) is 10.4 Å². The van der Waals surface area contributed by atoms with Crippen LogP contribution in [-0.4, -0.2) is 21.2 Å². The molecule has 0 fully saturated rings. The van der Waals surface area contributed by atoms with Crippen LogP contribution in [0.15, 0.2) is 35.8 Å². The monoisotopic (exact) mass is 296 g/mol. The summed E-state index contributed by atoms with van der Waals surface area (Å²) in [6, 6.07) is 9.82. The van der Waals surface area contributed by atoms with Gasteiger partial charge in [0.05, 0.1) is 27.4 Å². The van der Waals surface area contributed by atoms with Crippen LogP contribution in [-0.2, 0) is 0 Å². The van der Waals surface area contributed by atoms with Gasteiger partial charge in [-0.25, -0.2) is 9.78 Å². The molecule has 2 aromatic carbocycles. The van der Waals surface area contributed by atoms with E-state index in [1.54, 1.807) is 23.7 Å². The topological polar surface area (TPSA) is 94.2 Å². The van der Waals surface area contributed by atoms with Crippen molar-refractivity contribution >= 4 is 27.5 Å². The van der Waals surface area contributed by atoms with E-state index in [1.165, 1.54) is 23.5 Å². The Kier molecular flexibility index (Phi) is 3.05. The van der Waals surface area contributed by atoms with Gasteiger partial charge in [-0.2, -0.15) is 5.26 Å². The van der Waals surface area contributed by atoms with E-state index >= 15 is 0 Å². The SMILES string of the molecule is N#Cc1cc(-c2ccc(C(=O)O)c(O)c2)c2ncsc2c1. The number of phenols is 1. The van der Waals surface area contributed by atoms with Crippen molar-refractivity contribution in [3.05, 3.63) is 47.0 Å². The van der Waals surface area contributed by atoms with Gasteiger partial charge in [0.1, 0.15) is 11.3 Å². The van der Waals surface area contributed by atoms with Gasteiger partial charge in [-0.1, -0.05) is 6.07 Å². The van der Waals surface area contributed by atoms with Gasteiger partial charge >= 0.3 is 5.97 Å².